The number of halogens is 1. The highest BCUT2D eigenvalue weighted by Crippen LogP contribution is 2.31. The normalized spacial score (nSPS) is 22.4. The molecule has 2 aromatic rings. The topological polar surface area (TPSA) is 56.7 Å². The third-order valence-corrected chi connectivity index (χ3v) is 4.77. The lowest BCUT2D eigenvalue weighted by molar-refractivity contribution is 0.160. The Morgan fingerprint density at radius 1 is 1.31 bits per heavy atom. The van der Waals surface area contributed by atoms with Gasteiger partial charge < -0.3 is 14.2 Å². The minimum Gasteiger partial charge on any atom is -0.487 e. The zero-order valence-electron chi connectivity index (χ0n) is 14.9. The fourth-order valence-corrected chi connectivity index (χ4v) is 3.36. The summed E-state index contributed by atoms with van der Waals surface area (Å²) in [6.07, 6.45) is 2.67. The lowest BCUT2D eigenvalue weighted by Crippen LogP contribution is -2.29. The summed E-state index contributed by atoms with van der Waals surface area (Å²) < 4.78 is 31.2. The number of aryl methyl sites for hydroxylation is 1. The van der Waals surface area contributed by atoms with E-state index in [0.29, 0.717) is 43.6 Å². The van der Waals surface area contributed by atoms with Gasteiger partial charge in [-0.1, -0.05) is 0 Å². The van der Waals surface area contributed by atoms with Crippen molar-refractivity contribution in [3.63, 3.8) is 0 Å². The van der Waals surface area contributed by atoms with Crippen LogP contribution in [0.1, 0.15) is 24.7 Å². The van der Waals surface area contributed by atoms with E-state index in [1.165, 1.54) is 6.07 Å². The van der Waals surface area contributed by atoms with Crippen LogP contribution >= 0.6 is 0 Å². The minimum atomic E-state index is -0.367. The summed E-state index contributed by atoms with van der Waals surface area (Å²) in [5.41, 5.74) is 1.33. The Hall–Kier alpha value is -2.41. The molecule has 0 aromatic carbocycles. The van der Waals surface area contributed by atoms with E-state index in [0.717, 1.165) is 17.9 Å². The lowest BCUT2D eigenvalue weighted by Gasteiger charge is -2.22. The van der Waals surface area contributed by atoms with E-state index in [-0.39, 0.29) is 18.0 Å². The van der Waals surface area contributed by atoms with Crippen LogP contribution in [-0.2, 0) is 6.54 Å². The Labute approximate surface area is 151 Å². The third kappa shape index (κ3) is 3.58. The molecule has 0 N–H and O–H groups in total. The zero-order valence-corrected chi connectivity index (χ0v) is 14.9. The van der Waals surface area contributed by atoms with Crippen LogP contribution in [0.25, 0.3) is 0 Å². The van der Waals surface area contributed by atoms with Crippen LogP contribution in [0.5, 0.6) is 17.4 Å². The molecule has 7 heteroatoms. The highest BCUT2D eigenvalue weighted by molar-refractivity contribution is 5.36. The van der Waals surface area contributed by atoms with Crippen molar-refractivity contribution in [1.29, 1.82) is 0 Å². The molecule has 0 bridgehead atoms. The molecule has 2 aromatic heterocycles. The first kappa shape index (κ1) is 17.0. The van der Waals surface area contributed by atoms with E-state index in [2.05, 4.69) is 21.8 Å². The van der Waals surface area contributed by atoms with E-state index < -0.39 is 0 Å². The van der Waals surface area contributed by atoms with Crippen molar-refractivity contribution in [2.75, 3.05) is 19.8 Å². The van der Waals surface area contributed by atoms with E-state index in [1.54, 1.807) is 6.20 Å². The van der Waals surface area contributed by atoms with Crippen molar-refractivity contribution in [3.05, 3.63) is 41.6 Å². The molecule has 1 fully saturated rings. The third-order valence-electron chi connectivity index (χ3n) is 4.77. The van der Waals surface area contributed by atoms with Gasteiger partial charge in [-0.25, -0.2) is 9.37 Å². The molecule has 2 aliphatic heterocycles. The fourth-order valence-electron chi connectivity index (χ4n) is 3.36. The van der Waals surface area contributed by atoms with Gasteiger partial charge >= 0.3 is 0 Å². The second kappa shape index (κ2) is 7.07. The molecule has 26 heavy (non-hydrogen) atoms. The summed E-state index contributed by atoms with van der Waals surface area (Å²) >= 11 is 0. The second-order valence-electron chi connectivity index (χ2n) is 6.81. The number of aromatic nitrogens is 2. The molecule has 0 radical (unpaired) electrons. The standard InChI is InChI=1S/C19H22FN3O3/c1-12-3-4-14(9-21-12)26-15-7-13(2)23(10-15)11-17-16(20)8-18-19(22-17)25-6-5-24-18/h3-4,8-9,13,15H,5-7,10-11H2,1-2H3/t13-,15+/m0/s1. The number of pyridine rings is 2. The van der Waals surface area contributed by atoms with Gasteiger partial charge in [-0.3, -0.25) is 9.88 Å². The predicted octanol–water partition coefficient (Wildman–Crippen LogP) is 2.74. The molecular formula is C19H22FN3O3. The summed E-state index contributed by atoms with van der Waals surface area (Å²) in [5, 5.41) is 0. The Balaban J connectivity index is 1.43. The largest absolute Gasteiger partial charge is 0.487 e. The van der Waals surface area contributed by atoms with Crippen molar-refractivity contribution in [1.82, 2.24) is 14.9 Å². The molecule has 138 valence electrons. The molecule has 2 atom stereocenters. The first-order valence-electron chi connectivity index (χ1n) is 8.87. The van der Waals surface area contributed by atoms with E-state index in [4.69, 9.17) is 14.2 Å². The molecule has 4 rings (SSSR count). The van der Waals surface area contributed by atoms with Crippen LogP contribution in [0.3, 0.4) is 0 Å². The zero-order chi connectivity index (χ0) is 18.1. The van der Waals surface area contributed by atoms with E-state index in [1.807, 2.05) is 19.1 Å². The van der Waals surface area contributed by atoms with Gasteiger partial charge in [0.1, 0.15) is 30.9 Å². The van der Waals surface area contributed by atoms with Gasteiger partial charge in [-0.2, -0.15) is 0 Å². The van der Waals surface area contributed by atoms with Crippen molar-refractivity contribution in [3.8, 4) is 17.4 Å². The average molecular weight is 359 g/mol. The van der Waals surface area contributed by atoms with Crippen LogP contribution in [0.4, 0.5) is 4.39 Å². The van der Waals surface area contributed by atoms with Crippen molar-refractivity contribution in [2.45, 2.75) is 39.0 Å². The molecule has 0 saturated carbocycles. The predicted molar refractivity (Wildman–Crippen MR) is 93.1 cm³/mol. The monoisotopic (exact) mass is 359 g/mol. The van der Waals surface area contributed by atoms with Crippen LogP contribution in [0.15, 0.2) is 24.4 Å². The van der Waals surface area contributed by atoms with Gasteiger partial charge in [0, 0.05) is 37.3 Å². The first-order chi connectivity index (χ1) is 12.6. The SMILES string of the molecule is Cc1ccc(O[C@@H]2C[C@H](C)N(Cc3nc4c(cc3F)OCCO4)C2)cn1. The van der Waals surface area contributed by atoms with Crippen molar-refractivity contribution >= 4 is 0 Å². The number of nitrogens with zero attached hydrogens (tertiary/aromatic N) is 3. The number of hydrogen-bond acceptors (Lipinski definition) is 6. The molecular weight excluding hydrogens is 337 g/mol. The Bertz CT molecular complexity index is 784. The van der Waals surface area contributed by atoms with Crippen LogP contribution in [0.2, 0.25) is 0 Å². The Kier molecular flexibility index (Phi) is 4.63. The fraction of sp³-hybridized carbons (Fsp3) is 0.474. The van der Waals surface area contributed by atoms with E-state index in [9.17, 15) is 4.39 Å². The number of ether oxygens (including phenoxy) is 3. The highest BCUT2D eigenvalue weighted by atomic mass is 19.1. The smallest absolute Gasteiger partial charge is 0.257 e. The van der Waals surface area contributed by atoms with Crippen molar-refractivity contribution < 1.29 is 18.6 Å². The van der Waals surface area contributed by atoms with Gasteiger partial charge in [0.25, 0.3) is 5.88 Å². The van der Waals surface area contributed by atoms with Gasteiger partial charge in [0.2, 0.25) is 0 Å². The molecule has 6 nitrogen and oxygen atoms in total. The van der Waals surface area contributed by atoms with Crippen LogP contribution < -0.4 is 14.2 Å². The molecule has 2 aliphatic rings. The maximum absolute atomic E-state index is 14.4. The second-order valence-corrected chi connectivity index (χ2v) is 6.81. The molecule has 0 amide bonds. The summed E-state index contributed by atoms with van der Waals surface area (Å²) in [4.78, 5) is 10.7. The van der Waals surface area contributed by atoms with Gasteiger partial charge in [0.05, 0.1) is 11.9 Å². The number of fused-ring (bicyclic) bond motifs is 1. The van der Waals surface area contributed by atoms with E-state index >= 15 is 0 Å². The Morgan fingerprint density at radius 2 is 2.15 bits per heavy atom. The molecule has 0 aliphatic carbocycles. The van der Waals surface area contributed by atoms with Gasteiger partial charge in [-0.15, -0.1) is 0 Å². The van der Waals surface area contributed by atoms with Gasteiger partial charge in [0.15, 0.2) is 5.75 Å². The van der Waals surface area contributed by atoms with Crippen molar-refractivity contribution in [2.24, 2.45) is 0 Å². The number of rotatable bonds is 4. The molecule has 0 spiro atoms. The van der Waals surface area contributed by atoms with Crippen LogP contribution in [0, 0.1) is 12.7 Å². The van der Waals surface area contributed by atoms with Gasteiger partial charge in [-0.05, 0) is 26.0 Å². The lowest BCUT2D eigenvalue weighted by atomic mass is 10.2. The maximum atomic E-state index is 14.4. The highest BCUT2D eigenvalue weighted by Gasteiger charge is 2.32. The minimum absolute atomic E-state index is 0.0507. The first-order valence-corrected chi connectivity index (χ1v) is 8.87. The molecule has 1 saturated heterocycles. The quantitative estimate of drug-likeness (QED) is 0.837. The summed E-state index contributed by atoms with van der Waals surface area (Å²) in [7, 11) is 0. The average Bonchev–Trinajstić information content (AvgIpc) is 2.97. The van der Waals surface area contributed by atoms with Crippen LogP contribution in [-0.4, -0.2) is 46.8 Å². The summed E-state index contributed by atoms with van der Waals surface area (Å²) in [6.45, 7) is 6.04. The summed E-state index contributed by atoms with van der Waals surface area (Å²) in [5.74, 6) is 1.14. The number of likely N-dealkylation sites (tertiary alicyclic amines) is 1. The Morgan fingerprint density at radius 3 is 2.96 bits per heavy atom. The molecule has 4 heterocycles. The molecule has 0 unspecified atom stereocenters. The maximum Gasteiger partial charge on any atom is 0.257 e. The summed E-state index contributed by atoms with van der Waals surface area (Å²) in [6, 6.07) is 5.49. The number of hydrogen-bond donors (Lipinski definition) is 0.